The number of nitrogens with zero attached hydrogens (tertiary/aromatic N) is 2. The number of anilines is 1. The van der Waals surface area contributed by atoms with Crippen molar-refractivity contribution in [2.24, 2.45) is 0 Å². The van der Waals surface area contributed by atoms with Gasteiger partial charge in [-0.25, -0.2) is 4.68 Å². The van der Waals surface area contributed by atoms with Gasteiger partial charge in [0.15, 0.2) is 10.4 Å². The Balaban J connectivity index is 1.78. The Morgan fingerprint density at radius 1 is 1.26 bits per heavy atom. The molecule has 1 N–H and O–H groups in total. The molecule has 2 heterocycles. The van der Waals surface area contributed by atoms with Crippen molar-refractivity contribution in [2.75, 3.05) is 5.32 Å². The minimum Gasteiger partial charge on any atom is -0.444 e. The second-order valence-corrected chi connectivity index (χ2v) is 6.29. The first-order valence-corrected chi connectivity index (χ1v) is 8.10. The molecule has 2 aromatic heterocycles. The van der Waals surface area contributed by atoms with Crippen LogP contribution in [0.1, 0.15) is 16.1 Å². The molecule has 0 unspecified atom stereocenters. The van der Waals surface area contributed by atoms with Crippen molar-refractivity contribution >= 4 is 50.9 Å². The summed E-state index contributed by atoms with van der Waals surface area (Å²) in [6, 6.07) is 10.2. The molecule has 118 valence electrons. The van der Waals surface area contributed by atoms with Crippen LogP contribution >= 0.6 is 39.1 Å². The average molecular weight is 415 g/mol. The van der Waals surface area contributed by atoms with Gasteiger partial charge in [0, 0.05) is 16.1 Å². The predicted molar refractivity (Wildman–Crippen MR) is 92.2 cm³/mol. The average Bonchev–Trinajstić information content (AvgIpc) is 3.11. The van der Waals surface area contributed by atoms with E-state index in [1.54, 1.807) is 41.2 Å². The van der Waals surface area contributed by atoms with Crippen LogP contribution in [0.15, 0.2) is 51.7 Å². The molecule has 8 heteroatoms. The molecule has 3 aromatic rings. The predicted octanol–water partition coefficient (Wildman–Crippen LogP) is 4.85. The van der Waals surface area contributed by atoms with Gasteiger partial charge >= 0.3 is 0 Å². The third kappa shape index (κ3) is 3.77. The van der Waals surface area contributed by atoms with Gasteiger partial charge in [-0.3, -0.25) is 4.79 Å². The Morgan fingerprint density at radius 3 is 2.78 bits per heavy atom. The molecule has 3 rings (SSSR count). The fraction of sp³-hybridized carbons (Fsp3) is 0.0667. The first-order chi connectivity index (χ1) is 11.0. The van der Waals surface area contributed by atoms with E-state index in [4.69, 9.17) is 27.6 Å². The minimum atomic E-state index is -0.361. The van der Waals surface area contributed by atoms with Crippen molar-refractivity contribution in [3.05, 3.63) is 68.6 Å². The Labute approximate surface area is 150 Å². The standard InChI is InChI=1S/C15H10BrCl2N3O2/c16-13-4-3-12(23-13)15(22)20-14-5-6-19-21(14)8-9-1-2-10(17)7-11(9)18/h1-7H,8H2,(H,20,22). The Morgan fingerprint density at radius 2 is 2.09 bits per heavy atom. The maximum absolute atomic E-state index is 12.1. The first kappa shape index (κ1) is 16.1. The van der Waals surface area contributed by atoms with Gasteiger partial charge in [0.2, 0.25) is 0 Å². The molecule has 0 spiro atoms. The van der Waals surface area contributed by atoms with Crippen molar-refractivity contribution < 1.29 is 9.21 Å². The molecule has 0 aliphatic heterocycles. The van der Waals surface area contributed by atoms with Crippen LogP contribution in [-0.4, -0.2) is 15.7 Å². The monoisotopic (exact) mass is 413 g/mol. The summed E-state index contributed by atoms with van der Waals surface area (Å²) >= 11 is 15.2. The number of carbonyl (C=O) groups excluding carboxylic acids is 1. The molecule has 0 atom stereocenters. The van der Waals surface area contributed by atoms with E-state index >= 15 is 0 Å². The van der Waals surface area contributed by atoms with E-state index in [9.17, 15) is 4.79 Å². The Hall–Kier alpha value is -1.76. The van der Waals surface area contributed by atoms with E-state index in [2.05, 4.69) is 26.3 Å². The van der Waals surface area contributed by atoms with E-state index < -0.39 is 0 Å². The van der Waals surface area contributed by atoms with Gasteiger partial charge in [-0.05, 0) is 45.8 Å². The number of carbonyl (C=O) groups is 1. The quantitative estimate of drug-likeness (QED) is 0.663. The van der Waals surface area contributed by atoms with Crippen molar-refractivity contribution in [3.63, 3.8) is 0 Å². The molecule has 0 saturated heterocycles. The molecule has 0 bridgehead atoms. The minimum absolute atomic E-state index is 0.203. The molecular weight excluding hydrogens is 405 g/mol. The summed E-state index contributed by atoms with van der Waals surface area (Å²) in [5, 5.41) is 8.05. The van der Waals surface area contributed by atoms with Crippen LogP contribution in [0.5, 0.6) is 0 Å². The summed E-state index contributed by atoms with van der Waals surface area (Å²) in [7, 11) is 0. The summed E-state index contributed by atoms with van der Waals surface area (Å²) < 4.78 is 7.34. The van der Waals surface area contributed by atoms with Crippen LogP contribution in [0.4, 0.5) is 5.82 Å². The molecule has 0 aliphatic carbocycles. The molecule has 5 nitrogen and oxygen atoms in total. The summed E-state index contributed by atoms with van der Waals surface area (Å²) in [5.74, 6) is 0.377. The second-order valence-electron chi connectivity index (χ2n) is 4.67. The highest BCUT2D eigenvalue weighted by molar-refractivity contribution is 9.10. The zero-order valence-electron chi connectivity index (χ0n) is 11.6. The largest absolute Gasteiger partial charge is 0.444 e. The van der Waals surface area contributed by atoms with Crippen molar-refractivity contribution in [1.82, 2.24) is 9.78 Å². The van der Waals surface area contributed by atoms with Crippen LogP contribution < -0.4 is 5.32 Å². The zero-order chi connectivity index (χ0) is 16.4. The van der Waals surface area contributed by atoms with E-state index in [0.29, 0.717) is 27.1 Å². The van der Waals surface area contributed by atoms with Crippen molar-refractivity contribution in [3.8, 4) is 0 Å². The zero-order valence-corrected chi connectivity index (χ0v) is 14.7. The molecule has 0 saturated carbocycles. The van der Waals surface area contributed by atoms with Crippen LogP contribution in [-0.2, 0) is 6.54 Å². The normalized spacial score (nSPS) is 10.7. The molecule has 23 heavy (non-hydrogen) atoms. The number of hydrogen-bond donors (Lipinski definition) is 1. The summed E-state index contributed by atoms with van der Waals surface area (Å²) in [6.07, 6.45) is 1.59. The molecule has 0 aliphatic rings. The number of benzene rings is 1. The molecule has 1 aromatic carbocycles. The summed E-state index contributed by atoms with van der Waals surface area (Å²) in [4.78, 5) is 12.1. The van der Waals surface area contributed by atoms with E-state index in [1.807, 2.05) is 6.07 Å². The molecule has 0 fully saturated rings. The van der Waals surface area contributed by atoms with Crippen LogP contribution in [0.2, 0.25) is 10.0 Å². The lowest BCUT2D eigenvalue weighted by Crippen LogP contribution is -2.15. The number of rotatable bonds is 4. The second kappa shape index (κ2) is 6.78. The van der Waals surface area contributed by atoms with Crippen LogP contribution in [0.3, 0.4) is 0 Å². The molecule has 0 radical (unpaired) electrons. The Bertz CT molecular complexity index is 860. The van der Waals surface area contributed by atoms with Gasteiger partial charge < -0.3 is 9.73 Å². The third-order valence-corrected chi connectivity index (χ3v) is 4.10. The fourth-order valence-corrected chi connectivity index (χ4v) is 2.77. The lowest BCUT2D eigenvalue weighted by atomic mass is 10.2. The number of amides is 1. The SMILES string of the molecule is O=C(Nc1ccnn1Cc1ccc(Cl)cc1Cl)c1ccc(Br)o1. The van der Waals surface area contributed by atoms with Crippen LogP contribution in [0.25, 0.3) is 0 Å². The van der Waals surface area contributed by atoms with Crippen molar-refractivity contribution in [1.29, 1.82) is 0 Å². The van der Waals surface area contributed by atoms with Gasteiger partial charge in [-0.1, -0.05) is 29.3 Å². The van der Waals surface area contributed by atoms with Gasteiger partial charge in [0.1, 0.15) is 5.82 Å². The lowest BCUT2D eigenvalue weighted by Gasteiger charge is -2.09. The maximum atomic E-state index is 12.1. The van der Waals surface area contributed by atoms with E-state index in [0.717, 1.165) is 5.56 Å². The smallest absolute Gasteiger partial charge is 0.292 e. The Kier molecular flexibility index (Phi) is 4.75. The highest BCUT2D eigenvalue weighted by atomic mass is 79.9. The third-order valence-electron chi connectivity index (χ3n) is 3.09. The number of aromatic nitrogens is 2. The highest BCUT2D eigenvalue weighted by Crippen LogP contribution is 2.23. The first-order valence-electron chi connectivity index (χ1n) is 6.55. The topological polar surface area (TPSA) is 60.1 Å². The van der Waals surface area contributed by atoms with E-state index in [-0.39, 0.29) is 11.7 Å². The number of hydrogen-bond acceptors (Lipinski definition) is 3. The fourth-order valence-electron chi connectivity index (χ4n) is 1.99. The van der Waals surface area contributed by atoms with E-state index in [1.165, 1.54) is 0 Å². The highest BCUT2D eigenvalue weighted by Gasteiger charge is 2.14. The molecule has 1 amide bonds. The number of nitrogens with one attached hydrogen (secondary N) is 1. The number of furan rings is 1. The maximum Gasteiger partial charge on any atom is 0.292 e. The lowest BCUT2D eigenvalue weighted by molar-refractivity contribution is 0.0994. The van der Waals surface area contributed by atoms with Gasteiger partial charge in [0.05, 0.1) is 12.7 Å². The van der Waals surface area contributed by atoms with Crippen molar-refractivity contribution in [2.45, 2.75) is 6.54 Å². The van der Waals surface area contributed by atoms with Gasteiger partial charge in [-0.15, -0.1) is 0 Å². The summed E-state index contributed by atoms with van der Waals surface area (Å²) in [6.45, 7) is 0.403. The van der Waals surface area contributed by atoms with Gasteiger partial charge in [-0.2, -0.15) is 5.10 Å². The summed E-state index contributed by atoms with van der Waals surface area (Å²) in [5.41, 5.74) is 0.844. The molecular formula is C15H10BrCl2N3O2. The number of halogens is 3. The van der Waals surface area contributed by atoms with Gasteiger partial charge in [0.25, 0.3) is 5.91 Å². The van der Waals surface area contributed by atoms with Crippen LogP contribution in [0, 0.1) is 0 Å².